The van der Waals surface area contributed by atoms with Gasteiger partial charge in [-0.15, -0.1) is 5.12 Å². The lowest BCUT2D eigenvalue weighted by molar-refractivity contribution is 0.0298. The molecular formula is C14H19N3O4. The summed E-state index contributed by atoms with van der Waals surface area (Å²) in [7, 11) is 3.04. The standard InChI is InChI=1S/C14H19N3O4/c1-14(2,3)21-13(19)17-15-10-8-9(12(18)20-5)6-7-11(10)16(17)4/h6-8,15H,1-5H3. The van der Waals surface area contributed by atoms with Gasteiger partial charge in [0, 0.05) is 7.05 Å². The maximum Gasteiger partial charge on any atom is 0.449 e. The number of rotatable bonds is 1. The van der Waals surface area contributed by atoms with Crippen LogP contribution in [0.5, 0.6) is 0 Å². The van der Waals surface area contributed by atoms with Crippen molar-refractivity contribution in [3.05, 3.63) is 23.8 Å². The zero-order chi connectivity index (χ0) is 15.8. The van der Waals surface area contributed by atoms with E-state index in [1.165, 1.54) is 12.2 Å². The minimum Gasteiger partial charge on any atom is -0.465 e. The maximum absolute atomic E-state index is 12.1. The average molecular weight is 293 g/mol. The first kappa shape index (κ1) is 15.0. The van der Waals surface area contributed by atoms with Gasteiger partial charge in [0.05, 0.1) is 24.0 Å². The smallest absolute Gasteiger partial charge is 0.449 e. The van der Waals surface area contributed by atoms with Crippen LogP contribution < -0.4 is 10.4 Å². The van der Waals surface area contributed by atoms with E-state index in [4.69, 9.17) is 4.74 Å². The van der Waals surface area contributed by atoms with Crippen LogP contribution in [-0.4, -0.2) is 36.9 Å². The number of carbonyl (C=O) groups is 2. The van der Waals surface area contributed by atoms with Gasteiger partial charge in [0.25, 0.3) is 0 Å². The third-order valence-electron chi connectivity index (χ3n) is 2.86. The van der Waals surface area contributed by atoms with Gasteiger partial charge in [0.2, 0.25) is 0 Å². The number of hydrogen-bond acceptors (Lipinski definition) is 6. The molecule has 0 spiro atoms. The molecule has 1 aromatic rings. The Kier molecular flexibility index (Phi) is 3.67. The molecule has 2 rings (SSSR count). The van der Waals surface area contributed by atoms with E-state index in [1.807, 2.05) is 0 Å². The predicted molar refractivity (Wildman–Crippen MR) is 77.9 cm³/mol. The van der Waals surface area contributed by atoms with Gasteiger partial charge < -0.3 is 9.47 Å². The topological polar surface area (TPSA) is 71.1 Å². The lowest BCUT2D eigenvalue weighted by atomic mass is 10.2. The molecule has 7 nitrogen and oxygen atoms in total. The zero-order valence-corrected chi connectivity index (χ0v) is 12.8. The van der Waals surface area contributed by atoms with Crippen LogP contribution in [0.3, 0.4) is 0 Å². The Bertz CT molecular complexity index is 580. The van der Waals surface area contributed by atoms with Crippen molar-refractivity contribution in [2.24, 2.45) is 0 Å². The van der Waals surface area contributed by atoms with E-state index in [-0.39, 0.29) is 0 Å². The van der Waals surface area contributed by atoms with Gasteiger partial charge in [0.15, 0.2) is 0 Å². The number of benzene rings is 1. The van der Waals surface area contributed by atoms with E-state index in [9.17, 15) is 9.59 Å². The third kappa shape index (κ3) is 3.01. The molecule has 0 unspecified atom stereocenters. The molecule has 1 aromatic carbocycles. The second-order valence-corrected chi connectivity index (χ2v) is 5.65. The highest BCUT2D eigenvalue weighted by atomic mass is 16.6. The molecule has 0 saturated carbocycles. The molecule has 0 aromatic heterocycles. The third-order valence-corrected chi connectivity index (χ3v) is 2.86. The fourth-order valence-corrected chi connectivity index (χ4v) is 1.92. The van der Waals surface area contributed by atoms with Crippen LogP contribution in [0.1, 0.15) is 31.1 Å². The van der Waals surface area contributed by atoms with Crippen molar-refractivity contribution in [1.82, 2.24) is 5.12 Å². The summed E-state index contributed by atoms with van der Waals surface area (Å²) in [4.78, 5) is 23.7. The summed E-state index contributed by atoms with van der Waals surface area (Å²) in [6.45, 7) is 5.39. The Morgan fingerprint density at radius 2 is 1.90 bits per heavy atom. The summed E-state index contributed by atoms with van der Waals surface area (Å²) in [5.41, 5.74) is 4.11. The number of esters is 1. The van der Waals surface area contributed by atoms with Crippen LogP contribution in [0.4, 0.5) is 16.2 Å². The molecule has 21 heavy (non-hydrogen) atoms. The fraction of sp³-hybridized carbons (Fsp3) is 0.429. The number of nitrogens with one attached hydrogen (secondary N) is 1. The SMILES string of the molecule is COC(=O)c1ccc2c(c1)NN(C(=O)OC(C)(C)C)N2C. The lowest BCUT2D eigenvalue weighted by Crippen LogP contribution is -2.46. The van der Waals surface area contributed by atoms with Crippen LogP contribution in [0.15, 0.2) is 18.2 Å². The Morgan fingerprint density at radius 3 is 2.48 bits per heavy atom. The Hall–Kier alpha value is -2.44. The first-order valence-corrected chi connectivity index (χ1v) is 6.48. The highest BCUT2D eigenvalue weighted by Crippen LogP contribution is 2.34. The minimum atomic E-state index is -0.592. The number of carbonyl (C=O) groups excluding carboxylic acids is 2. The van der Waals surface area contributed by atoms with Crippen molar-refractivity contribution in [3.63, 3.8) is 0 Å². The van der Waals surface area contributed by atoms with Gasteiger partial charge in [-0.1, -0.05) is 0 Å². The van der Waals surface area contributed by atoms with Crippen LogP contribution in [0.2, 0.25) is 0 Å². The molecule has 114 valence electrons. The quantitative estimate of drug-likeness (QED) is 0.802. The summed E-state index contributed by atoms with van der Waals surface area (Å²) in [6, 6.07) is 5.00. The largest absolute Gasteiger partial charge is 0.465 e. The van der Waals surface area contributed by atoms with E-state index in [2.05, 4.69) is 10.2 Å². The van der Waals surface area contributed by atoms with E-state index < -0.39 is 17.7 Å². The predicted octanol–water partition coefficient (Wildman–Crippen LogP) is 2.40. The van der Waals surface area contributed by atoms with E-state index in [0.29, 0.717) is 11.3 Å². The molecule has 1 amide bonds. The van der Waals surface area contributed by atoms with Gasteiger partial charge in [-0.25, -0.2) is 9.59 Å². The summed E-state index contributed by atoms with van der Waals surface area (Å²) in [5, 5.41) is 2.86. The van der Waals surface area contributed by atoms with E-state index in [1.54, 1.807) is 51.0 Å². The molecule has 1 aliphatic rings. The highest BCUT2D eigenvalue weighted by Gasteiger charge is 2.32. The molecule has 1 aliphatic heterocycles. The van der Waals surface area contributed by atoms with Crippen LogP contribution >= 0.6 is 0 Å². The summed E-state index contributed by atoms with van der Waals surface area (Å²) >= 11 is 0. The van der Waals surface area contributed by atoms with Crippen molar-refractivity contribution in [1.29, 1.82) is 0 Å². The molecule has 1 N–H and O–H groups in total. The maximum atomic E-state index is 12.1. The van der Waals surface area contributed by atoms with Crippen molar-refractivity contribution in [2.45, 2.75) is 26.4 Å². The van der Waals surface area contributed by atoms with Crippen molar-refractivity contribution >= 4 is 23.4 Å². The van der Waals surface area contributed by atoms with Crippen molar-refractivity contribution in [3.8, 4) is 0 Å². The zero-order valence-electron chi connectivity index (χ0n) is 12.8. The Balaban J connectivity index is 2.21. The van der Waals surface area contributed by atoms with Crippen molar-refractivity contribution in [2.75, 3.05) is 24.6 Å². The summed E-state index contributed by atoms with van der Waals surface area (Å²) < 4.78 is 9.99. The monoisotopic (exact) mass is 293 g/mol. The molecule has 0 radical (unpaired) electrons. The van der Waals surface area contributed by atoms with Gasteiger partial charge in [0.1, 0.15) is 5.60 Å². The van der Waals surface area contributed by atoms with Gasteiger partial charge in [-0.05, 0) is 39.0 Å². The molecule has 0 atom stereocenters. The first-order chi connectivity index (χ1) is 9.73. The van der Waals surface area contributed by atoms with Crippen molar-refractivity contribution < 1.29 is 19.1 Å². The van der Waals surface area contributed by atoms with Gasteiger partial charge in [-0.3, -0.25) is 10.4 Å². The van der Waals surface area contributed by atoms with E-state index in [0.717, 1.165) is 5.69 Å². The summed E-state index contributed by atoms with van der Waals surface area (Å²) in [6.07, 6.45) is -0.527. The van der Waals surface area contributed by atoms with Crippen LogP contribution in [0, 0.1) is 0 Å². The molecule has 0 saturated heterocycles. The molecule has 0 bridgehead atoms. The number of amides is 1. The molecule has 0 aliphatic carbocycles. The van der Waals surface area contributed by atoms with Crippen LogP contribution in [-0.2, 0) is 9.47 Å². The Morgan fingerprint density at radius 1 is 1.24 bits per heavy atom. The highest BCUT2D eigenvalue weighted by molar-refractivity contribution is 5.93. The molecule has 0 fully saturated rings. The number of anilines is 2. The van der Waals surface area contributed by atoms with Gasteiger partial charge in [-0.2, -0.15) is 0 Å². The molecule has 1 heterocycles. The second kappa shape index (κ2) is 5.16. The number of hydrazine groups is 2. The van der Waals surface area contributed by atoms with Gasteiger partial charge >= 0.3 is 12.1 Å². The number of methoxy groups -OCH3 is 1. The second-order valence-electron chi connectivity index (χ2n) is 5.65. The number of nitrogens with zero attached hydrogens (tertiary/aromatic N) is 2. The minimum absolute atomic E-state index is 0.406. The fourth-order valence-electron chi connectivity index (χ4n) is 1.92. The first-order valence-electron chi connectivity index (χ1n) is 6.48. The average Bonchev–Trinajstić information content (AvgIpc) is 2.73. The summed E-state index contributed by atoms with van der Waals surface area (Å²) in [5.74, 6) is -0.432. The number of fused-ring (bicyclic) bond motifs is 1. The molecular weight excluding hydrogens is 274 g/mol. The number of hydrogen-bond donors (Lipinski definition) is 1. The van der Waals surface area contributed by atoms with E-state index >= 15 is 0 Å². The Labute approximate surface area is 123 Å². The lowest BCUT2D eigenvalue weighted by Gasteiger charge is -2.28. The number of ether oxygens (including phenoxy) is 2. The van der Waals surface area contributed by atoms with Crippen LogP contribution in [0.25, 0.3) is 0 Å². The normalized spacial score (nSPS) is 13.6. The molecule has 7 heteroatoms.